The van der Waals surface area contributed by atoms with E-state index < -0.39 is 0 Å². The van der Waals surface area contributed by atoms with E-state index in [1.165, 1.54) is 6.21 Å². The fourth-order valence-electron chi connectivity index (χ4n) is 2.72. The number of amides is 1. The quantitative estimate of drug-likeness (QED) is 0.195. The number of aliphatic imine (C=N–C) groups is 1. The second kappa shape index (κ2) is 13.8. The van der Waals surface area contributed by atoms with E-state index in [2.05, 4.69) is 25.0 Å². The van der Waals surface area contributed by atoms with Crippen LogP contribution in [0.3, 0.4) is 0 Å². The van der Waals surface area contributed by atoms with Crippen LogP contribution in [-0.4, -0.2) is 54.7 Å². The average molecular weight is 406 g/mol. The van der Waals surface area contributed by atoms with Gasteiger partial charge in [-0.3, -0.25) is 4.79 Å². The summed E-state index contributed by atoms with van der Waals surface area (Å²) in [5.74, 6) is 0.948. The molecule has 2 rings (SSSR count). The molecule has 1 amide bonds. The number of carbonyl (C=O) groups is 1. The third kappa shape index (κ3) is 8.37. The van der Waals surface area contributed by atoms with Gasteiger partial charge in [-0.05, 0) is 29.8 Å². The zero-order valence-electron chi connectivity index (χ0n) is 16.9. The van der Waals surface area contributed by atoms with Gasteiger partial charge in [-0.25, -0.2) is 0 Å². The van der Waals surface area contributed by atoms with E-state index in [1.807, 2.05) is 40.1 Å². The maximum Gasteiger partial charge on any atom is 1.00 e. The molecule has 0 radical (unpaired) electrons. The number of piperazine rings is 1. The summed E-state index contributed by atoms with van der Waals surface area (Å²) in [7, 11) is 0. The van der Waals surface area contributed by atoms with E-state index >= 15 is 0 Å². The van der Waals surface area contributed by atoms with E-state index in [1.54, 1.807) is 0 Å². The van der Waals surface area contributed by atoms with Gasteiger partial charge in [-0.2, -0.15) is 0 Å². The second-order valence-corrected chi connectivity index (χ2v) is 6.27. The van der Waals surface area contributed by atoms with Gasteiger partial charge in [0.05, 0.1) is 13.0 Å². The molecule has 0 aromatic heterocycles. The Kier molecular flexibility index (Phi) is 12.2. The fourth-order valence-corrected chi connectivity index (χ4v) is 2.72. The number of hydrogen-bond donors (Lipinski definition) is 0. The molecule has 144 valence electrons. The smallest absolute Gasteiger partial charge is 0.494 e. The van der Waals surface area contributed by atoms with Crippen LogP contribution >= 0.6 is 0 Å². The number of hydrogen-bond acceptors (Lipinski definition) is 5. The summed E-state index contributed by atoms with van der Waals surface area (Å²) in [6, 6.07) is 9.70. The van der Waals surface area contributed by atoms with Crippen LogP contribution in [0.4, 0.5) is 0 Å². The van der Waals surface area contributed by atoms with E-state index in [0.717, 1.165) is 30.8 Å². The zero-order chi connectivity index (χ0) is 19.5. The van der Waals surface area contributed by atoms with Crippen LogP contribution in [0.15, 0.2) is 35.0 Å². The van der Waals surface area contributed by atoms with Crippen LogP contribution in [-0.2, 0) is 11.2 Å². The van der Waals surface area contributed by atoms with Crippen molar-refractivity contribution in [3.8, 4) is 11.8 Å². The molecule has 28 heavy (non-hydrogen) atoms. The molecule has 0 unspecified atom stereocenters. The van der Waals surface area contributed by atoms with Crippen molar-refractivity contribution < 1.29 is 60.9 Å². The normalized spacial score (nSPS) is 14.5. The first-order chi connectivity index (χ1) is 13.2. The Balaban J connectivity index is 0.00000392. The minimum absolute atomic E-state index is 0. The third-order valence-corrected chi connectivity index (χ3v) is 4.27. The largest absolute Gasteiger partial charge is 1.00 e. The topological polar surface area (TPSA) is 68.9 Å². The van der Waals surface area contributed by atoms with Crippen molar-refractivity contribution in [3.63, 3.8) is 0 Å². The van der Waals surface area contributed by atoms with E-state index in [-0.39, 0.29) is 63.0 Å². The van der Waals surface area contributed by atoms with Gasteiger partial charge in [0.1, 0.15) is 5.75 Å². The third-order valence-electron chi connectivity index (χ3n) is 4.27. The monoisotopic (exact) mass is 405 g/mol. The van der Waals surface area contributed by atoms with E-state index in [9.17, 15) is 4.79 Å². The molecule has 0 spiro atoms. The van der Waals surface area contributed by atoms with Crippen molar-refractivity contribution in [1.29, 1.82) is 5.26 Å². The number of ether oxygens (including phenoxy) is 1. The Morgan fingerprint density at radius 1 is 1.32 bits per heavy atom. The molecule has 1 heterocycles. The molecule has 0 aliphatic carbocycles. The molecule has 6 nitrogen and oxygen atoms in total. The predicted molar refractivity (Wildman–Crippen MR) is 105 cm³/mol. The molecule has 0 atom stereocenters. The van der Waals surface area contributed by atoms with Gasteiger partial charge in [0.2, 0.25) is 5.91 Å². The number of unbranched alkanes of at least 4 members (excludes halogenated alkanes) is 1. The Morgan fingerprint density at radius 2 is 2.00 bits per heavy atom. The number of nitriles is 1. The van der Waals surface area contributed by atoms with Crippen LogP contribution in [0.25, 0.3) is 0 Å². The molecule has 7 heteroatoms. The summed E-state index contributed by atoms with van der Waals surface area (Å²) in [5, 5.41) is 8.98. The first kappa shape index (κ1) is 24.7. The summed E-state index contributed by atoms with van der Waals surface area (Å²) in [6.45, 7) is 8.81. The summed E-state index contributed by atoms with van der Waals surface area (Å²) in [6.07, 6.45) is 6.79. The zero-order valence-corrected chi connectivity index (χ0v) is 20.0. The summed E-state index contributed by atoms with van der Waals surface area (Å²) in [4.78, 5) is 20.1. The van der Waals surface area contributed by atoms with E-state index in [0.29, 0.717) is 32.6 Å². The second-order valence-electron chi connectivity index (χ2n) is 6.27. The molecule has 1 fully saturated rings. The van der Waals surface area contributed by atoms with Gasteiger partial charge >= 0.3 is 51.4 Å². The first-order valence-electron chi connectivity index (χ1n) is 9.26. The van der Waals surface area contributed by atoms with Gasteiger partial charge in [-0.1, -0.05) is 25.5 Å². The molecule has 1 aromatic carbocycles. The molecule has 1 saturated heterocycles. The van der Waals surface area contributed by atoms with Gasteiger partial charge in [-0.15, -0.1) is 18.5 Å². The van der Waals surface area contributed by atoms with Crippen LogP contribution in [0.5, 0.6) is 5.75 Å². The van der Waals surface area contributed by atoms with Crippen molar-refractivity contribution >= 4 is 12.1 Å². The molecule has 1 aliphatic rings. The number of allylic oxidation sites excluding steroid dienone is 1. The SMILES string of the molecule is [CH2-]C=NC(C#N)=[C-]N1CCN(C(=O)Cc2ccc(OCCCC)cc2)CC1.[K+]. The van der Waals surface area contributed by atoms with Gasteiger partial charge in [0, 0.05) is 26.2 Å². The molecular formula is C21H26KN4O2-. The maximum absolute atomic E-state index is 12.5. The number of rotatable bonds is 8. The van der Waals surface area contributed by atoms with Crippen molar-refractivity contribution in [3.05, 3.63) is 48.6 Å². The predicted octanol–water partition coefficient (Wildman–Crippen LogP) is -0.371. The molecule has 0 saturated carbocycles. The standard InChI is InChI=1S/C21H26N4O2.K/c1-3-5-14-27-20-8-6-18(7-9-20)15-21(26)25-12-10-24(11-13-25)17-19(16-22)23-4-2;/h4,6-9H,2-3,5,10-15H2,1H3;/q-2;+1. The Labute approximate surface area is 210 Å². The summed E-state index contributed by atoms with van der Waals surface area (Å²) >= 11 is 0. The Bertz CT molecular complexity index is 702. The van der Waals surface area contributed by atoms with Crippen molar-refractivity contribution in [2.75, 3.05) is 32.8 Å². The van der Waals surface area contributed by atoms with Gasteiger partial charge < -0.3 is 31.7 Å². The van der Waals surface area contributed by atoms with Crippen molar-refractivity contribution in [1.82, 2.24) is 9.80 Å². The van der Waals surface area contributed by atoms with Crippen LogP contribution in [0.2, 0.25) is 0 Å². The van der Waals surface area contributed by atoms with Gasteiger partial charge in [0.25, 0.3) is 0 Å². The summed E-state index contributed by atoms with van der Waals surface area (Å²) < 4.78 is 5.65. The number of benzene rings is 1. The molecular weight excluding hydrogens is 379 g/mol. The molecule has 1 aromatic rings. The maximum atomic E-state index is 12.5. The van der Waals surface area contributed by atoms with Gasteiger partial charge in [0.15, 0.2) is 0 Å². The summed E-state index contributed by atoms with van der Waals surface area (Å²) in [5.41, 5.74) is 1.18. The number of carbonyl (C=O) groups excluding carboxylic acids is 1. The molecule has 1 aliphatic heterocycles. The van der Waals surface area contributed by atoms with Crippen LogP contribution in [0.1, 0.15) is 25.3 Å². The first-order valence-corrected chi connectivity index (χ1v) is 9.26. The van der Waals surface area contributed by atoms with Crippen molar-refractivity contribution in [2.45, 2.75) is 26.2 Å². The van der Waals surface area contributed by atoms with Crippen LogP contribution in [0, 0.1) is 24.5 Å². The Morgan fingerprint density at radius 3 is 2.57 bits per heavy atom. The van der Waals surface area contributed by atoms with E-state index in [4.69, 9.17) is 10.00 Å². The molecule has 0 N–H and O–H groups in total. The fraction of sp³-hybridized carbons (Fsp3) is 0.429. The minimum Gasteiger partial charge on any atom is -0.494 e. The number of nitrogens with zero attached hydrogens (tertiary/aromatic N) is 4. The minimum atomic E-state index is 0. The molecule has 0 bridgehead atoms. The van der Waals surface area contributed by atoms with Crippen LogP contribution < -0.4 is 56.1 Å². The van der Waals surface area contributed by atoms with Crippen molar-refractivity contribution in [2.24, 2.45) is 4.99 Å². The average Bonchev–Trinajstić information content (AvgIpc) is 2.69. The Hall–Kier alpha value is -1.30.